The summed E-state index contributed by atoms with van der Waals surface area (Å²) < 4.78 is 21.8. The molecular formula is C37H58N8O12S2. The number of benzene rings is 1. The highest BCUT2D eigenvalue weighted by Crippen LogP contribution is 2.44. The first-order valence-electron chi connectivity index (χ1n) is 19.7. The zero-order valence-corrected chi connectivity index (χ0v) is 35.2. The van der Waals surface area contributed by atoms with Crippen LogP contribution >= 0.6 is 24.4 Å². The third kappa shape index (κ3) is 14.4. The van der Waals surface area contributed by atoms with Crippen molar-refractivity contribution in [1.29, 1.82) is 0 Å². The fourth-order valence-electron chi connectivity index (χ4n) is 8.93. The molecule has 5 atom stereocenters. The number of thiocarbonyl (C=S) groups is 2. The average Bonchev–Trinajstić information content (AvgIpc) is 3.63. The molecule has 0 aromatic heterocycles. The number of rotatable bonds is 26. The second-order valence-electron chi connectivity index (χ2n) is 15.1. The van der Waals surface area contributed by atoms with Crippen molar-refractivity contribution in [1.82, 2.24) is 20.9 Å². The van der Waals surface area contributed by atoms with Crippen molar-refractivity contribution in [3.8, 4) is 0 Å². The number of anilines is 1. The van der Waals surface area contributed by atoms with Crippen LogP contribution in [0.4, 0.5) is 5.69 Å². The number of nitrogens with zero attached hydrogens (tertiary/aromatic N) is 4. The Labute approximate surface area is 355 Å². The van der Waals surface area contributed by atoms with Crippen molar-refractivity contribution in [3.05, 3.63) is 29.8 Å². The van der Waals surface area contributed by atoms with Crippen LogP contribution in [0.15, 0.2) is 24.3 Å². The molecule has 0 radical (unpaired) electrons. The second-order valence-corrected chi connectivity index (χ2v) is 16.0. The lowest BCUT2D eigenvalue weighted by molar-refractivity contribution is -1.22. The first-order chi connectivity index (χ1) is 28.2. The Hall–Kier alpha value is -3.84. The predicted molar refractivity (Wildman–Crippen MR) is 214 cm³/mol. The molecule has 59 heavy (non-hydrogen) atoms. The van der Waals surface area contributed by atoms with E-state index in [4.69, 9.17) is 43.4 Å². The van der Waals surface area contributed by atoms with Gasteiger partial charge in [-0.3, -0.25) is 9.69 Å². The van der Waals surface area contributed by atoms with Crippen LogP contribution in [0.3, 0.4) is 0 Å². The average molecular weight is 871 g/mol. The summed E-state index contributed by atoms with van der Waals surface area (Å²) in [5, 5.41) is 59.6. The van der Waals surface area contributed by atoms with E-state index in [1.54, 1.807) is 11.9 Å². The van der Waals surface area contributed by atoms with Crippen LogP contribution < -0.4 is 36.6 Å². The van der Waals surface area contributed by atoms with Crippen LogP contribution in [0.1, 0.15) is 5.56 Å². The third-order valence-electron chi connectivity index (χ3n) is 11.1. The fraction of sp³-hybridized carbons (Fsp3) is 0.676. The van der Waals surface area contributed by atoms with E-state index in [2.05, 4.69) is 21.3 Å². The lowest BCUT2D eigenvalue weighted by Crippen LogP contribution is -2.78. The molecule has 1 aromatic rings. The molecular weight excluding hydrogens is 813 g/mol. The summed E-state index contributed by atoms with van der Waals surface area (Å²) in [5.41, 5.74) is 1.56. The van der Waals surface area contributed by atoms with Crippen molar-refractivity contribution in [2.24, 2.45) is 0 Å². The topological polar surface area (TPSA) is 246 Å². The van der Waals surface area contributed by atoms with E-state index in [9.17, 15) is 39.6 Å². The zero-order valence-electron chi connectivity index (χ0n) is 33.6. The van der Waals surface area contributed by atoms with E-state index in [0.29, 0.717) is 101 Å². The van der Waals surface area contributed by atoms with Crippen molar-refractivity contribution in [2.75, 3.05) is 150 Å². The van der Waals surface area contributed by atoms with Gasteiger partial charge in [-0.25, -0.2) is 13.4 Å². The molecule has 3 unspecified atom stereocenters. The normalized spacial score (nSPS) is 25.0. The SMILES string of the molecule is CNC(=S)NCCOCCOCCOCCOCCNC(=S)Nc1ccc(CC2C[N+]3(CC(=O)[O-])CC[N@@+]4(CC(=O)[O-])CC[N+](CC(=O)[O-])(CCN2CC(=O)O)[C@H]34)cc1. The van der Waals surface area contributed by atoms with E-state index in [0.717, 1.165) is 5.56 Å². The van der Waals surface area contributed by atoms with Gasteiger partial charge >= 0.3 is 12.3 Å². The molecule has 0 bridgehead atoms. The van der Waals surface area contributed by atoms with Gasteiger partial charge in [0.05, 0.1) is 83.3 Å². The van der Waals surface area contributed by atoms with Gasteiger partial charge in [0.25, 0.3) is 0 Å². The molecule has 3 aliphatic heterocycles. The van der Waals surface area contributed by atoms with Crippen molar-refractivity contribution < 1.29 is 72.0 Å². The van der Waals surface area contributed by atoms with E-state index in [-0.39, 0.29) is 59.3 Å². The Kier molecular flexibility index (Phi) is 18.8. The Bertz CT molecular complexity index is 1600. The predicted octanol–water partition coefficient (Wildman–Crippen LogP) is -5.54. The minimum atomic E-state index is -1.35. The van der Waals surface area contributed by atoms with Gasteiger partial charge in [0.2, 0.25) is 0 Å². The lowest BCUT2D eigenvalue weighted by atomic mass is 10.0. The number of nitrogens with one attached hydrogen (secondary N) is 4. The van der Waals surface area contributed by atoms with Gasteiger partial charge in [-0.15, -0.1) is 0 Å². The summed E-state index contributed by atoms with van der Waals surface area (Å²) >= 11 is 10.4. The van der Waals surface area contributed by atoms with Gasteiger partial charge in [-0.2, -0.15) is 0 Å². The van der Waals surface area contributed by atoms with Gasteiger partial charge in [0.1, 0.15) is 58.9 Å². The molecule has 0 saturated carbocycles. The first-order valence-corrected chi connectivity index (χ1v) is 20.6. The van der Waals surface area contributed by atoms with E-state index in [1.807, 2.05) is 24.3 Å². The molecule has 3 saturated heterocycles. The molecule has 1 aromatic carbocycles. The maximum Gasteiger partial charge on any atom is 0.345 e. The number of hydrogen-bond acceptors (Lipinski definition) is 14. The van der Waals surface area contributed by atoms with Gasteiger partial charge in [0, 0.05) is 32.4 Å². The summed E-state index contributed by atoms with van der Waals surface area (Å²) in [7, 11) is 1.75. The molecule has 4 rings (SSSR count). The Morgan fingerprint density at radius 3 is 1.66 bits per heavy atom. The zero-order chi connectivity index (χ0) is 42.9. The van der Waals surface area contributed by atoms with Crippen LogP contribution in [-0.4, -0.2) is 215 Å². The maximum atomic E-state index is 12.4. The van der Waals surface area contributed by atoms with Crippen LogP contribution in [0.25, 0.3) is 0 Å². The highest BCUT2D eigenvalue weighted by atomic mass is 32.1. The summed E-state index contributed by atoms with van der Waals surface area (Å²) in [6.45, 7) is 4.69. The van der Waals surface area contributed by atoms with E-state index in [1.165, 1.54) is 0 Å². The molecule has 3 aliphatic rings. The molecule has 20 nitrogen and oxygen atoms in total. The molecule has 3 fully saturated rings. The van der Waals surface area contributed by atoms with Crippen molar-refractivity contribution >= 4 is 64.2 Å². The molecule has 0 amide bonds. The fourth-order valence-corrected chi connectivity index (χ4v) is 9.26. The number of carboxylic acids is 4. The summed E-state index contributed by atoms with van der Waals surface area (Å²) in [5.74, 6) is -5.08. The van der Waals surface area contributed by atoms with Crippen molar-refractivity contribution in [2.45, 2.75) is 18.8 Å². The smallest absolute Gasteiger partial charge is 0.345 e. The lowest BCUT2D eigenvalue weighted by Gasteiger charge is -2.51. The molecule has 0 aliphatic carbocycles. The first kappa shape index (κ1) is 47.8. The highest BCUT2D eigenvalue weighted by molar-refractivity contribution is 7.80. The third-order valence-corrected chi connectivity index (χ3v) is 11.7. The van der Waals surface area contributed by atoms with Gasteiger partial charge in [-0.05, 0) is 48.6 Å². The number of ether oxygens (including phenoxy) is 4. The van der Waals surface area contributed by atoms with E-state index >= 15 is 0 Å². The number of aliphatic carboxylic acids is 4. The molecule has 330 valence electrons. The molecule has 5 N–H and O–H groups in total. The largest absolute Gasteiger partial charge is 0.544 e. The minimum absolute atomic E-state index is 0.00948. The molecule has 0 spiro atoms. The quantitative estimate of drug-likeness (QED) is 0.0331. The van der Waals surface area contributed by atoms with Crippen molar-refractivity contribution in [3.63, 3.8) is 0 Å². The summed E-state index contributed by atoms with van der Waals surface area (Å²) in [4.78, 5) is 50.6. The van der Waals surface area contributed by atoms with Gasteiger partial charge < -0.3 is 75.0 Å². The second kappa shape index (κ2) is 23.2. The monoisotopic (exact) mass is 870 g/mol. The molecule has 22 heteroatoms. The standard InChI is InChI=1S/C37H58N8O12S2/c1-38-35(58)39-6-14-54-16-18-56-20-21-57-19-17-55-15-7-40-36(59)41-29-4-2-28(3-5-29)22-30-24-45(27-34(52)53)13-12-44(26-33(50)51)11-10-43(37(44)45,25-32(48)49)9-8-42(30)23-31(46)47/h2-5,30,37H,6-27H2,1H3,(H5-3,38,39,40,41,46,47,48,49,50,51,52,53,58,59)/t30?,37-,43?,44+,45?/m0/s1. The summed E-state index contributed by atoms with van der Waals surface area (Å²) in [6.07, 6.45) is -0.381. The van der Waals surface area contributed by atoms with Crippen LogP contribution in [0.2, 0.25) is 0 Å². The number of quaternary nitrogens is 3. The Morgan fingerprint density at radius 2 is 1.17 bits per heavy atom. The highest BCUT2D eigenvalue weighted by Gasteiger charge is 2.73. The maximum absolute atomic E-state index is 12.4. The van der Waals surface area contributed by atoms with Crippen LogP contribution in [0.5, 0.6) is 0 Å². The number of carbonyl (C=O) groups is 4. The number of carboxylic acid groups (broad SMARTS) is 4. The summed E-state index contributed by atoms with van der Waals surface area (Å²) in [6, 6.07) is 6.94. The van der Waals surface area contributed by atoms with Crippen LogP contribution in [-0.2, 0) is 44.5 Å². The Balaban J connectivity index is 1.25. The number of carbonyl (C=O) groups excluding carboxylic acids is 3. The van der Waals surface area contributed by atoms with E-state index < -0.39 is 49.3 Å². The molecule has 3 heterocycles. The Morgan fingerprint density at radius 1 is 0.712 bits per heavy atom. The van der Waals surface area contributed by atoms with Gasteiger partial charge in [-0.1, -0.05) is 12.1 Å². The minimum Gasteiger partial charge on any atom is -0.544 e. The van der Waals surface area contributed by atoms with Gasteiger partial charge in [0.15, 0.2) is 10.2 Å². The van der Waals surface area contributed by atoms with Crippen LogP contribution in [0, 0.1) is 0 Å². The number of hydrogen-bond donors (Lipinski definition) is 5.